The molecule has 0 bridgehead atoms. The lowest BCUT2D eigenvalue weighted by Gasteiger charge is -2.02. The normalized spacial score (nSPS) is 12.8. The van der Waals surface area contributed by atoms with E-state index in [1.165, 1.54) is 0 Å². The van der Waals surface area contributed by atoms with Gasteiger partial charge in [-0.1, -0.05) is 6.07 Å². The fourth-order valence-electron chi connectivity index (χ4n) is 1.84. The van der Waals surface area contributed by atoms with Gasteiger partial charge in [0, 0.05) is 15.3 Å². The average Bonchev–Trinajstić information content (AvgIpc) is 2.72. The molecule has 2 nitrogen and oxygen atoms in total. The summed E-state index contributed by atoms with van der Waals surface area (Å²) in [4.78, 5) is 11.9. The maximum atomic E-state index is 11.9. The topological polar surface area (TPSA) is 22.0 Å². The Hall–Kier alpha value is -1.10. The van der Waals surface area contributed by atoms with Crippen LogP contribution in [-0.4, -0.2) is 10.4 Å². The summed E-state index contributed by atoms with van der Waals surface area (Å²) in [6, 6.07) is 9.58. The summed E-state index contributed by atoms with van der Waals surface area (Å²) in [5.41, 5.74) is 2.61. The minimum Gasteiger partial charge on any atom is -0.312 e. The Morgan fingerprint density at radius 3 is 2.86 bits per heavy atom. The quantitative estimate of drug-likeness (QED) is 0.584. The van der Waals surface area contributed by atoms with Crippen LogP contribution in [0.15, 0.2) is 36.5 Å². The first-order valence-corrected chi connectivity index (χ1v) is 5.38. The number of fused-ring (bicyclic) bond motifs is 3. The Morgan fingerprint density at radius 2 is 2.00 bits per heavy atom. The van der Waals surface area contributed by atoms with E-state index in [0.717, 1.165) is 20.5 Å². The lowest BCUT2D eigenvalue weighted by molar-refractivity contribution is 0.104. The molecular formula is C11H6INO. The summed E-state index contributed by atoms with van der Waals surface area (Å²) in [6.45, 7) is 0. The number of benzene rings is 1. The van der Waals surface area contributed by atoms with E-state index in [2.05, 4.69) is 22.6 Å². The maximum absolute atomic E-state index is 11.9. The van der Waals surface area contributed by atoms with Gasteiger partial charge in [-0.05, 0) is 46.9 Å². The standard InChI is InChI=1S/C11H6INO/c12-8-4-1-3-7-10(8)13-6-2-5-9(13)11(7)14/h1-6H. The van der Waals surface area contributed by atoms with E-state index in [9.17, 15) is 4.79 Å². The molecule has 1 aliphatic rings. The van der Waals surface area contributed by atoms with Crippen molar-refractivity contribution in [2.45, 2.75) is 0 Å². The van der Waals surface area contributed by atoms with Crippen molar-refractivity contribution in [3.8, 4) is 5.69 Å². The molecule has 0 amide bonds. The molecule has 0 spiro atoms. The van der Waals surface area contributed by atoms with Crippen molar-refractivity contribution in [1.82, 2.24) is 4.57 Å². The van der Waals surface area contributed by atoms with Crippen LogP contribution in [0.2, 0.25) is 0 Å². The van der Waals surface area contributed by atoms with Crippen molar-refractivity contribution in [3.05, 3.63) is 51.4 Å². The zero-order valence-corrected chi connectivity index (χ0v) is 9.36. The number of hydrogen-bond acceptors (Lipinski definition) is 1. The van der Waals surface area contributed by atoms with Gasteiger partial charge in [0.1, 0.15) is 0 Å². The second-order valence-corrected chi connectivity index (χ2v) is 4.39. The Kier molecular flexibility index (Phi) is 1.58. The van der Waals surface area contributed by atoms with Gasteiger partial charge in [-0.3, -0.25) is 4.79 Å². The fourth-order valence-corrected chi connectivity index (χ4v) is 2.60. The third kappa shape index (κ3) is 0.877. The number of rotatable bonds is 0. The highest BCUT2D eigenvalue weighted by molar-refractivity contribution is 14.1. The van der Waals surface area contributed by atoms with E-state index in [0.29, 0.717) is 0 Å². The molecule has 0 fully saturated rings. The van der Waals surface area contributed by atoms with Crippen molar-refractivity contribution in [2.24, 2.45) is 0 Å². The predicted molar refractivity (Wildman–Crippen MR) is 61.9 cm³/mol. The molecule has 0 N–H and O–H groups in total. The first kappa shape index (κ1) is 8.23. The highest BCUT2D eigenvalue weighted by Crippen LogP contribution is 2.31. The molecule has 0 atom stereocenters. The van der Waals surface area contributed by atoms with Crippen LogP contribution in [0.25, 0.3) is 5.69 Å². The zero-order valence-electron chi connectivity index (χ0n) is 7.20. The molecule has 0 radical (unpaired) electrons. The Labute approximate surface area is 94.7 Å². The molecule has 2 aromatic rings. The second-order valence-electron chi connectivity index (χ2n) is 3.23. The smallest absolute Gasteiger partial charge is 0.211 e. The van der Waals surface area contributed by atoms with Crippen LogP contribution in [0.1, 0.15) is 16.1 Å². The number of ketones is 1. The molecule has 14 heavy (non-hydrogen) atoms. The first-order chi connectivity index (χ1) is 6.79. The molecule has 1 aromatic heterocycles. The summed E-state index contributed by atoms with van der Waals surface area (Å²) in [7, 11) is 0. The number of carbonyl (C=O) groups is 1. The van der Waals surface area contributed by atoms with Gasteiger partial charge < -0.3 is 4.57 Å². The minimum absolute atomic E-state index is 0.128. The van der Waals surface area contributed by atoms with Crippen LogP contribution in [0.4, 0.5) is 0 Å². The van der Waals surface area contributed by atoms with Gasteiger partial charge in [0.2, 0.25) is 5.78 Å². The molecular weight excluding hydrogens is 289 g/mol. The number of para-hydroxylation sites is 1. The van der Waals surface area contributed by atoms with Crippen LogP contribution in [0.3, 0.4) is 0 Å². The van der Waals surface area contributed by atoms with Gasteiger partial charge in [-0.2, -0.15) is 0 Å². The Bertz CT molecular complexity index is 542. The molecule has 1 aliphatic heterocycles. The second kappa shape index (κ2) is 2.70. The van der Waals surface area contributed by atoms with Gasteiger partial charge >= 0.3 is 0 Å². The lowest BCUT2D eigenvalue weighted by atomic mass is 10.1. The summed E-state index contributed by atoms with van der Waals surface area (Å²) in [5, 5.41) is 0. The zero-order chi connectivity index (χ0) is 9.71. The van der Waals surface area contributed by atoms with Crippen molar-refractivity contribution in [1.29, 1.82) is 0 Å². The Balaban J connectivity index is 2.46. The third-order valence-electron chi connectivity index (χ3n) is 2.45. The van der Waals surface area contributed by atoms with E-state index in [4.69, 9.17) is 0 Å². The molecule has 1 aromatic carbocycles. The fraction of sp³-hybridized carbons (Fsp3) is 0. The molecule has 2 heterocycles. The monoisotopic (exact) mass is 295 g/mol. The van der Waals surface area contributed by atoms with Gasteiger partial charge in [0.15, 0.2) is 0 Å². The number of nitrogens with zero attached hydrogens (tertiary/aromatic N) is 1. The number of carbonyl (C=O) groups excluding carboxylic acids is 1. The minimum atomic E-state index is 0.128. The van der Waals surface area contributed by atoms with Crippen LogP contribution in [0.5, 0.6) is 0 Å². The highest BCUT2D eigenvalue weighted by Gasteiger charge is 2.27. The van der Waals surface area contributed by atoms with Crippen molar-refractivity contribution in [2.75, 3.05) is 0 Å². The van der Waals surface area contributed by atoms with E-state index in [1.807, 2.05) is 41.1 Å². The van der Waals surface area contributed by atoms with Gasteiger partial charge in [0.05, 0.1) is 11.4 Å². The van der Waals surface area contributed by atoms with Crippen molar-refractivity contribution >= 4 is 28.4 Å². The number of aromatic nitrogens is 1. The van der Waals surface area contributed by atoms with Gasteiger partial charge in [-0.15, -0.1) is 0 Å². The molecule has 0 saturated carbocycles. The van der Waals surface area contributed by atoms with Gasteiger partial charge in [0.25, 0.3) is 0 Å². The van der Waals surface area contributed by atoms with Crippen LogP contribution in [-0.2, 0) is 0 Å². The lowest BCUT2D eigenvalue weighted by Crippen LogP contribution is -1.93. The largest absolute Gasteiger partial charge is 0.312 e. The molecule has 3 rings (SSSR count). The van der Waals surface area contributed by atoms with E-state index in [-0.39, 0.29) is 5.78 Å². The van der Waals surface area contributed by atoms with Crippen LogP contribution in [0, 0.1) is 3.57 Å². The molecule has 0 unspecified atom stereocenters. The summed E-state index contributed by atoms with van der Waals surface area (Å²) in [6.07, 6.45) is 1.93. The highest BCUT2D eigenvalue weighted by atomic mass is 127. The number of halogens is 1. The third-order valence-corrected chi connectivity index (χ3v) is 3.32. The SMILES string of the molecule is O=C1c2cccc(I)c2-n2cccc21. The average molecular weight is 295 g/mol. The Morgan fingerprint density at radius 1 is 1.14 bits per heavy atom. The summed E-state index contributed by atoms with van der Waals surface area (Å²) >= 11 is 2.26. The van der Waals surface area contributed by atoms with E-state index in [1.54, 1.807) is 0 Å². The maximum Gasteiger partial charge on any atom is 0.211 e. The molecule has 0 aliphatic carbocycles. The van der Waals surface area contributed by atoms with Gasteiger partial charge in [-0.25, -0.2) is 0 Å². The predicted octanol–water partition coefficient (Wildman–Crippen LogP) is 2.63. The van der Waals surface area contributed by atoms with Crippen LogP contribution < -0.4 is 0 Å². The molecule has 68 valence electrons. The molecule has 0 saturated heterocycles. The molecule has 3 heteroatoms. The number of hydrogen-bond donors (Lipinski definition) is 0. The summed E-state index contributed by atoms with van der Waals surface area (Å²) in [5.74, 6) is 0.128. The first-order valence-electron chi connectivity index (χ1n) is 4.30. The van der Waals surface area contributed by atoms with E-state index >= 15 is 0 Å². The van der Waals surface area contributed by atoms with Crippen LogP contribution >= 0.6 is 22.6 Å². The summed E-state index contributed by atoms with van der Waals surface area (Å²) < 4.78 is 3.07. The van der Waals surface area contributed by atoms with Crippen molar-refractivity contribution < 1.29 is 4.79 Å². The van der Waals surface area contributed by atoms with E-state index < -0.39 is 0 Å². The van der Waals surface area contributed by atoms with Crippen molar-refractivity contribution in [3.63, 3.8) is 0 Å².